The second kappa shape index (κ2) is 4.81. The van der Waals surface area contributed by atoms with E-state index in [4.69, 9.17) is 0 Å². The fourth-order valence-corrected chi connectivity index (χ4v) is 2.84. The quantitative estimate of drug-likeness (QED) is 0.664. The highest BCUT2D eigenvalue weighted by molar-refractivity contribution is 4.99. The summed E-state index contributed by atoms with van der Waals surface area (Å²) in [4.78, 5) is 0. The number of aliphatic hydroxyl groups excluding tert-OH is 2. The second-order valence-electron chi connectivity index (χ2n) is 4.80. The van der Waals surface area contributed by atoms with E-state index in [1.165, 1.54) is 0 Å². The highest BCUT2D eigenvalue weighted by Gasteiger charge is 2.48. The van der Waals surface area contributed by atoms with Crippen LogP contribution in [-0.2, 0) is 0 Å². The van der Waals surface area contributed by atoms with Crippen LogP contribution in [0.3, 0.4) is 0 Å². The van der Waals surface area contributed by atoms with E-state index >= 15 is 0 Å². The Bertz CT molecular complexity index is 201. The molecule has 4 atom stereocenters. The molecule has 1 saturated carbocycles. The molecule has 0 aromatic heterocycles. The van der Waals surface area contributed by atoms with Gasteiger partial charge in [0.05, 0.1) is 17.8 Å². The van der Waals surface area contributed by atoms with Gasteiger partial charge in [-0.25, -0.2) is 0 Å². The monoisotopic (exact) mass is 216 g/mol. The average molecular weight is 216 g/mol. The SMILES string of the molecule is CC[C@@H]1C[C@H](C(O)(CC)CC)[C@@H](O)[C@H]1O. The van der Waals surface area contributed by atoms with Gasteiger partial charge in [0.2, 0.25) is 0 Å². The molecule has 0 saturated heterocycles. The van der Waals surface area contributed by atoms with Gasteiger partial charge in [0.25, 0.3) is 0 Å². The van der Waals surface area contributed by atoms with Crippen LogP contribution in [-0.4, -0.2) is 33.1 Å². The normalized spacial score (nSPS) is 37.2. The number of aliphatic hydroxyl groups is 3. The Kier molecular flexibility index (Phi) is 4.15. The summed E-state index contributed by atoms with van der Waals surface area (Å²) in [6.07, 6.45) is 1.43. The summed E-state index contributed by atoms with van der Waals surface area (Å²) >= 11 is 0. The highest BCUT2D eigenvalue weighted by Crippen LogP contribution is 2.42. The van der Waals surface area contributed by atoms with Gasteiger partial charge in [0, 0.05) is 5.92 Å². The largest absolute Gasteiger partial charge is 0.390 e. The summed E-state index contributed by atoms with van der Waals surface area (Å²) in [5.41, 5.74) is -0.815. The number of hydrogen-bond donors (Lipinski definition) is 3. The Balaban J connectivity index is 2.80. The standard InChI is InChI=1S/C12H24O3/c1-4-8-7-9(11(14)10(8)13)12(15,5-2)6-3/h8-11,13-15H,4-7H2,1-3H3/t8-,9+,10+,11-/m1/s1. The predicted molar refractivity (Wildman–Crippen MR) is 59.4 cm³/mol. The summed E-state index contributed by atoms with van der Waals surface area (Å²) in [5, 5.41) is 30.1. The van der Waals surface area contributed by atoms with Crippen molar-refractivity contribution in [3.63, 3.8) is 0 Å². The van der Waals surface area contributed by atoms with Gasteiger partial charge in [-0.3, -0.25) is 0 Å². The lowest BCUT2D eigenvalue weighted by Gasteiger charge is -2.34. The van der Waals surface area contributed by atoms with Crippen molar-refractivity contribution in [2.45, 2.75) is 64.3 Å². The first-order valence-electron chi connectivity index (χ1n) is 6.08. The lowest BCUT2D eigenvalue weighted by atomic mass is 9.80. The Morgan fingerprint density at radius 1 is 1.07 bits per heavy atom. The molecule has 0 aromatic rings. The molecular formula is C12H24O3. The highest BCUT2D eigenvalue weighted by atomic mass is 16.3. The van der Waals surface area contributed by atoms with E-state index in [1.54, 1.807) is 0 Å². The Morgan fingerprint density at radius 2 is 1.60 bits per heavy atom. The van der Waals surface area contributed by atoms with Crippen LogP contribution < -0.4 is 0 Å². The van der Waals surface area contributed by atoms with E-state index in [0.717, 1.165) is 12.8 Å². The Labute approximate surface area is 92.1 Å². The van der Waals surface area contributed by atoms with Crippen LogP contribution >= 0.6 is 0 Å². The average Bonchev–Trinajstić information content (AvgIpc) is 2.55. The van der Waals surface area contributed by atoms with E-state index < -0.39 is 17.8 Å². The number of rotatable bonds is 4. The molecule has 3 nitrogen and oxygen atoms in total. The van der Waals surface area contributed by atoms with Crippen molar-refractivity contribution in [3.05, 3.63) is 0 Å². The zero-order chi connectivity index (χ0) is 11.6. The molecule has 15 heavy (non-hydrogen) atoms. The topological polar surface area (TPSA) is 60.7 Å². The summed E-state index contributed by atoms with van der Waals surface area (Å²) in [6, 6.07) is 0. The third-order valence-electron chi connectivity index (χ3n) is 4.24. The van der Waals surface area contributed by atoms with Crippen molar-refractivity contribution >= 4 is 0 Å². The van der Waals surface area contributed by atoms with Gasteiger partial charge in [-0.2, -0.15) is 0 Å². The third kappa shape index (κ3) is 2.19. The van der Waals surface area contributed by atoms with Crippen molar-refractivity contribution < 1.29 is 15.3 Å². The molecule has 1 aliphatic rings. The van der Waals surface area contributed by atoms with Crippen LogP contribution in [0, 0.1) is 11.8 Å². The Hall–Kier alpha value is -0.120. The third-order valence-corrected chi connectivity index (χ3v) is 4.24. The van der Waals surface area contributed by atoms with E-state index in [1.807, 2.05) is 20.8 Å². The lowest BCUT2D eigenvalue weighted by Crippen LogP contribution is -2.43. The summed E-state index contributed by atoms with van der Waals surface area (Å²) < 4.78 is 0. The number of hydrogen-bond acceptors (Lipinski definition) is 3. The maximum Gasteiger partial charge on any atom is 0.0857 e. The molecule has 0 aliphatic heterocycles. The molecule has 0 bridgehead atoms. The minimum absolute atomic E-state index is 0.134. The molecule has 0 radical (unpaired) electrons. The first-order chi connectivity index (χ1) is 7.00. The van der Waals surface area contributed by atoms with E-state index in [9.17, 15) is 15.3 Å². The summed E-state index contributed by atoms with van der Waals surface area (Å²) in [5.74, 6) is -0.0397. The molecule has 3 heteroatoms. The van der Waals surface area contributed by atoms with Gasteiger partial charge in [-0.1, -0.05) is 27.2 Å². The van der Waals surface area contributed by atoms with Crippen molar-refractivity contribution in [2.24, 2.45) is 11.8 Å². The second-order valence-corrected chi connectivity index (χ2v) is 4.80. The molecule has 1 aliphatic carbocycles. The van der Waals surface area contributed by atoms with Crippen LogP contribution in [0.5, 0.6) is 0 Å². The molecule has 0 spiro atoms. The Morgan fingerprint density at radius 3 is 1.93 bits per heavy atom. The van der Waals surface area contributed by atoms with Crippen molar-refractivity contribution in [1.29, 1.82) is 0 Å². The van der Waals surface area contributed by atoms with Gasteiger partial charge >= 0.3 is 0 Å². The van der Waals surface area contributed by atoms with E-state index in [0.29, 0.717) is 12.8 Å². The first-order valence-corrected chi connectivity index (χ1v) is 6.08. The fourth-order valence-electron chi connectivity index (χ4n) is 2.84. The molecule has 90 valence electrons. The molecule has 1 rings (SSSR count). The predicted octanol–water partition coefficient (Wildman–Crippen LogP) is 1.31. The maximum atomic E-state index is 10.4. The van der Waals surface area contributed by atoms with Gasteiger partial charge in [0.1, 0.15) is 0 Å². The van der Waals surface area contributed by atoms with Crippen LogP contribution in [0.25, 0.3) is 0 Å². The van der Waals surface area contributed by atoms with Crippen molar-refractivity contribution in [1.82, 2.24) is 0 Å². The zero-order valence-corrected chi connectivity index (χ0v) is 9.98. The molecule has 3 N–H and O–H groups in total. The van der Waals surface area contributed by atoms with E-state index in [-0.39, 0.29) is 11.8 Å². The molecule has 0 heterocycles. The van der Waals surface area contributed by atoms with Crippen molar-refractivity contribution in [3.8, 4) is 0 Å². The minimum atomic E-state index is -0.815. The van der Waals surface area contributed by atoms with Crippen LogP contribution in [0.2, 0.25) is 0 Å². The van der Waals surface area contributed by atoms with Crippen molar-refractivity contribution in [2.75, 3.05) is 0 Å². The molecule has 0 unspecified atom stereocenters. The summed E-state index contributed by atoms with van der Waals surface area (Å²) in [7, 11) is 0. The molecule has 0 aromatic carbocycles. The van der Waals surface area contributed by atoms with Gasteiger partial charge in [-0.15, -0.1) is 0 Å². The minimum Gasteiger partial charge on any atom is -0.390 e. The van der Waals surface area contributed by atoms with Crippen LogP contribution in [0.1, 0.15) is 46.5 Å². The van der Waals surface area contributed by atoms with Crippen LogP contribution in [0.4, 0.5) is 0 Å². The maximum absolute atomic E-state index is 10.4. The fraction of sp³-hybridized carbons (Fsp3) is 1.00. The first kappa shape index (κ1) is 12.9. The van der Waals surface area contributed by atoms with Gasteiger partial charge < -0.3 is 15.3 Å². The zero-order valence-electron chi connectivity index (χ0n) is 9.98. The molecular weight excluding hydrogens is 192 g/mol. The summed E-state index contributed by atoms with van der Waals surface area (Å²) in [6.45, 7) is 5.88. The van der Waals surface area contributed by atoms with Gasteiger partial charge in [0.15, 0.2) is 0 Å². The molecule has 0 amide bonds. The van der Waals surface area contributed by atoms with Crippen LogP contribution in [0.15, 0.2) is 0 Å². The lowest BCUT2D eigenvalue weighted by molar-refractivity contribution is -0.0851. The van der Waals surface area contributed by atoms with Gasteiger partial charge in [-0.05, 0) is 25.2 Å². The van der Waals surface area contributed by atoms with E-state index in [2.05, 4.69) is 0 Å². The molecule has 1 fully saturated rings. The smallest absolute Gasteiger partial charge is 0.0857 e.